The number of aromatic nitrogens is 2. The summed E-state index contributed by atoms with van der Waals surface area (Å²) >= 11 is 0. The maximum absolute atomic E-state index is 2.87. The van der Waals surface area contributed by atoms with E-state index in [4.69, 9.17) is 0 Å². The van der Waals surface area contributed by atoms with Crippen molar-refractivity contribution in [3.8, 4) is 55.9 Å². The van der Waals surface area contributed by atoms with Crippen LogP contribution < -0.4 is 26.2 Å². The Kier molecular flexibility index (Phi) is 24.6. The van der Waals surface area contributed by atoms with Gasteiger partial charge in [0.05, 0.1) is 33.4 Å². The monoisotopic (exact) mass is 1800 g/mol. The summed E-state index contributed by atoms with van der Waals surface area (Å²) in [5, 5.41) is 5.18. The molecule has 0 unspecified atom stereocenters. The van der Waals surface area contributed by atoms with Gasteiger partial charge >= 0.3 is 0 Å². The summed E-state index contributed by atoms with van der Waals surface area (Å²) in [6.07, 6.45) is 8.40. The third-order valence-corrected chi connectivity index (χ3v) is 27.4. The van der Waals surface area contributed by atoms with E-state index in [0.29, 0.717) is 0 Å². The molecule has 13 aromatic carbocycles. The van der Waals surface area contributed by atoms with Crippen molar-refractivity contribution in [2.24, 2.45) is 48.7 Å². The standard InChI is InChI=1S/C131H157BN4/c1-121(2,3)74-83-38-34-42-92(58-83)100-68-96(130(28,29)30)69-101(93-43-35-39-84(59-93)75-122(4,5)6)119(100)135-114-72-98(133-110-54-46-87(78-125(13,14)15)62-104(110)105-63-88(47-55-111(105)133)79-126(16,17)18)50-52-108(114)132-109-53-51-99(134-112-56-48-89(80-127(19,20)21)64-106(112)107-65-90(49-57-113(107)134)81-128(22,23)24)73-115(109)136(117-67-91(82-129(25,26)27)66-116(135)118(117)132)120-102(94-44-36-40-85(60-94)76-123(7,8)9)70-97(131(31,32)33)71-103(120)95-45-37-41-86(61-95)77-124(10,11)12/h34-73H,74-82H2,1-33H3. The van der Waals surface area contributed by atoms with Crippen molar-refractivity contribution in [3.05, 3.63) is 304 Å². The van der Waals surface area contributed by atoms with Crippen molar-refractivity contribution in [1.82, 2.24) is 9.13 Å². The Morgan fingerprint density at radius 3 is 0.662 bits per heavy atom. The van der Waals surface area contributed by atoms with Gasteiger partial charge in [0.1, 0.15) is 0 Å². The van der Waals surface area contributed by atoms with E-state index in [1.54, 1.807) is 0 Å². The van der Waals surface area contributed by atoms with E-state index in [1.165, 1.54) is 200 Å². The molecule has 704 valence electrons. The molecule has 0 fully saturated rings. The van der Waals surface area contributed by atoms with Crippen LogP contribution in [0.1, 0.15) is 290 Å². The first-order chi connectivity index (χ1) is 63.2. The molecule has 0 saturated carbocycles. The predicted molar refractivity (Wildman–Crippen MR) is 597 cm³/mol. The Balaban J connectivity index is 1.10. The van der Waals surface area contributed by atoms with Crippen molar-refractivity contribution in [1.29, 1.82) is 0 Å². The van der Waals surface area contributed by atoms with Crippen LogP contribution in [0.5, 0.6) is 0 Å². The van der Waals surface area contributed by atoms with Gasteiger partial charge in [0.2, 0.25) is 0 Å². The van der Waals surface area contributed by atoms with E-state index in [1.807, 2.05) is 0 Å². The van der Waals surface area contributed by atoms with Crippen LogP contribution in [-0.2, 0) is 68.6 Å². The van der Waals surface area contributed by atoms with E-state index in [9.17, 15) is 0 Å². The largest absolute Gasteiger partial charge is 0.310 e. The van der Waals surface area contributed by atoms with E-state index < -0.39 is 0 Å². The lowest BCUT2D eigenvalue weighted by atomic mass is 9.33. The lowest BCUT2D eigenvalue weighted by Crippen LogP contribution is -2.61. The zero-order valence-corrected chi connectivity index (χ0v) is 89.3. The average Bonchev–Trinajstić information content (AvgIpc) is 0.702. The molecule has 2 aliphatic rings. The van der Waals surface area contributed by atoms with Gasteiger partial charge in [0.25, 0.3) is 6.71 Å². The minimum Gasteiger partial charge on any atom is -0.310 e. The smallest absolute Gasteiger partial charge is 0.252 e. The third-order valence-electron chi connectivity index (χ3n) is 27.4. The Morgan fingerprint density at radius 2 is 0.434 bits per heavy atom. The van der Waals surface area contributed by atoms with Gasteiger partial charge in [-0.1, -0.05) is 362 Å². The predicted octanol–water partition coefficient (Wildman–Crippen LogP) is 35.5. The maximum atomic E-state index is 2.87. The molecule has 2 aliphatic heterocycles. The van der Waals surface area contributed by atoms with E-state index >= 15 is 0 Å². The summed E-state index contributed by atoms with van der Waals surface area (Å²) < 4.78 is 5.28. The van der Waals surface area contributed by atoms with E-state index in [-0.39, 0.29) is 66.3 Å². The number of benzene rings is 13. The molecule has 0 atom stereocenters. The summed E-state index contributed by atoms with van der Waals surface area (Å²) in [4.78, 5) is 5.74. The fourth-order valence-corrected chi connectivity index (χ4v) is 22.5. The molecule has 0 amide bonds. The van der Waals surface area contributed by atoms with E-state index in [0.717, 1.165) is 69.2 Å². The van der Waals surface area contributed by atoms with E-state index in [2.05, 4.69) is 490 Å². The van der Waals surface area contributed by atoms with Gasteiger partial charge in [0.15, 0.2) is 0 Å². The van der Waals surface area contributed by atoms with Gasteiger partial charge in [-0.3, -0.25) is 0 Å². The van der Waals surface area contributed by atoms with Crippen LogP contribution in [0.2, 0.25) is 0 Å². The van der Waals surface area contributed by atoms with Gasteiger partial charge in [-0.25, -0.2) is 0 Å². The van der Waals surface area contributed by atoms with Crippen molar-refractivity contribution in [3.63, 3.8) is 0 Å². The second-order valence-electron chi connectivity index (χ2n) is 54.5. The highest BCUT2D eigenvalue weighted by molar-refractivity contribution is 7.00. The van der Waals surface area contributed by atoms with Gasteiger partial charge in [-0.05, 0) is 326 Å². The molecule has 15 aromatic rings. The van der Waals surface area contributed by atoms with Crippen LogP contribution in [0.25, 0.3) is 99.5 Å². The summed E-state index contributed by atoms with van der Waals surface area (Å²) in [7, 11) is 0. The van der Waals surface area contributed by atoms with Crippen LogP contribution in [0.3, 0.4) is 0 Å². The molecular formula is C131H157BN4. The first kappa shape index (κ1) is 96.8. The Bertz CT molecular complexity index is 6420. The number of fused-ring (bicyclic) bond motifs is 10. The summed E-state index contributed by atoms with van der Waals surface area (Å²) in [6.45, 7) is 78.9. The zero-order valence-electron chi connectivity index (χ0n) is 89.3. The quantitative estimate of drug-likeness (QED) is 0.0845. The normalized spacial score (nSPS) is 13.8. The number of hydrogen-bond donors (Lipinski definition) is 0. The average molecular weight is 1800 g/mol. The number of anilines is 6. The molecule has 17 rings (SSSR count). The summed E-state index contributed by atoms with van der Waals surface area (Å²) in [6, 6.07) is 100. The van der Waals surface area contributed by atoms with Crippen molar-refractivity contribution in [2.45, 2.75) is 297 Å². The fraction of sp³-hybridized carbons (Fsp3) is 0.405. The molecule has 0 radical (unpaired) electrons. The second-order valence-corrected chi connectivity index (χ2v) is 54.5. The van der Waals surface area contributed by atoms with Gasteiger partial charge in [-0.15, -0.1) is 0 Å². The molecular weight excluding hydrogens is 1640 g/mol. The Labute approximate surface area is 819 Å². The first-order valence-corrected chi connectivity index (χ1v) is 51.1. The van der Waals surface area contributed by atoms with Gasteiger partial charge < -0.3 is 18.9 Å². The van der Waals surface area contributed by atoms with Crippen molar-refractivity contribution in [2.75, 3.05) is 9.80 Å². The van der Waals surface area contributed by atoms with Crippen molar-refractivity contribution >= 4 is 101 Å². The molecule has 0 bridgehead atoms. The SMILES string of the molecule is CC(C)(C)Cc1cccc(-c2cc(C(C)(C)C)cc(-c3cccc(CC(C)(C)C)c3)c2N2c3cc(-n4c5ccc(CC(C)(C)C)cc5c5cc(CC(C)(C)C)ccc54)ccc3B3c4ccc(-n5c6ccc(CC(C)(C)C)cc6c6cc(CC(C)(C)C)ccc65)cc4N(c4c(-c5cccc(CC(C)(C)C)c5)cc(C(C)(C)C)cc4-c4cccc(CC(C)(C)C)c4)c4cc(CC(C)(C)C)cc2c43)c1. The van der Waals surface area contributed by atoms with Crippen LogP contribution >= 0.6 is 0 Å². The molecule has 4 heterocycles. The highest BCUT2D eigenvalue weighted by Gasteiger charge is 2.47. The molecule has 2 aromatic heterocycles. The molecule has 0 saturated heterocycles. The molecule has 0 N–H and O–H groups in total. The van der Waals surface area contributed by atoms with Crippen LogP contribution in [0.4, 0.5) is 34.1 Å². The number of nitrogens with zero attached hydrogens (tertiary/aromatic N) is 4. The Morgan fingerprint density at radius 1 is 0.206 bits per heavy atom. The summed E-state index contributed by atoms with van der Waals surface area (Å²) in [5.41, 5.74) is 42.2. The Hall–Kier alpha value is -10.9. The number of hydrogen-bond acceptors (Lipinski definition) is 2. The summed E-state index contributed by atoms with van der Waals surface area (Å²) in [5.74, 6) is 0. The molecule has 0 spiro atoms. The van der Waals surface area contributed by atoms with Gasteiger partial charge in [-0.2, -0.15) is 0 Å². The molecule has 0 aliphatic carbocycles. The van der Waals surface area contributed by atoms with Crippen LogP contribution in [-0.4, -0.2) is 15.8 Å². The lowest BCUT2D eigenvalue weighted by Gasteiger charge is -2.46. The minimum absolute atomic E-state index is 0.0296. The van der Waals surface area contributed by atoms with Crippen molar-refractivity contribution < 1.29 is 0 Å². The maximum Gasteiger partial charge on any atom is 0.252 e. The highest BCUT2D eigenvalue weighted by Crippen LogP contribution is 2.57. The molecule has 4 nitrogen and oxygen atoms in total. The zero-order chi connectivity index (χ0) is 98.0. The lowest BCUT2D eigenvalue weighted by molar-refractivity contribution is 0.411. The third kappa shape index (κ3) is 20.9. The minimum atomic E-state index is -0.289. The fourth-order valence-electron chi connectivity index (χ4n) is 22.5. The van der Waals surface area contributed by atoms with Crippen LogP contribution in [0, 0.1) is 48.7 Å². The van der Waals surface area contributed by atoms with Gasteiger partial charge in [0, 0.05) is 77.9 Å². The highest BCUT2D eigenvalue weighted by atomic mass is 15.2. The first-order valence-electron chi connectivity index (χ1n) is 51.1. The van der Waals surface area contributed by atoms with Crippen LogP contribution in [0.15, 0.2) is 243 Å². The second kappa shape index (κ2) is 34.6. The molecule has 136 heavy (non-hydrogen) atoms. The number of rotatable bonds is 17. The topological polar surface area (TPSA) is 16.3 Å². The molecule has 5 heteroatoms.